The summed E-state index contributed by atoms with van der Waals surface area (Å²) < 4.78 is 27.4. The number of phenolic OH excluding ortho intramolecular Hbond substituents is 1. The first kappa shape index (κ1) is 30.2. The molecule has 0 aromatic heterocycles. The normalized spacial score (nSPS) is 32.8. The summed E-state index contributed by atoms with van der Waals surface area (Å²) in [6, 6.07) is 0.538. The number of rotatable bonds is 5. The van der Waals surface area contributed by atoms with Crippen molar-refractivity contribution in [2.45, 2.75) is 49.8 Å². The molecule has 2 unspecified atom stereocenters. The van der Waals surface area contributed by atoms with Crippen LogP contribution in [0.5, 0.6) is 5.75 Å². The highest BCUT2D eigenvalue weighted by Gasteiger charge is 2.69. The minimum atomic E-state index is -2.80. The van der Waals surface area contributed by atoms with Gasteiger partial charge in [0.05, 0.1) is 17.5 Å². The van der Waals surface area contributed by atoms with Gasteiger partial charge in [-0.15, -0.1) is 0 Å². The monoisotopic (exact) mass is 590 g/mol. The van der Waals surface area contributed by atoms with E-state index < -0.39 is 70.3 Å². The van der Waals surface area contributed by atoms with Crippen LogP contribution in [0.1, 0.15) is 40.7 Å². The third kappa shape index (κ3) is 4.44. The van der Waals surface area contributed by atoms with E-state index in [4.69, 9.17) is 5.73 Å². The lowest BCUT2D eigenvalue weighted by atomic mass is 9.52. The topological polar surface area (TPSA) is 162 Å². The van der Waals surface area contributed by atoms with Crippen molar-refractivity contribution in [2.75, 3.05) is 46.2 Å². The molecule has 13 heteroatoms. The number of hydrogen-bond donors (Lipinski definition) is 3. The van der Waals surface area contributed by atoms with Crippen LogP contribution in [-0.4, -0.2) is 108 Å². The Balaban J connectivity index is 1.58. The summed E-state index contributed by atoms with van der Waals surface area (Å²) >= 11 is 0. The number of aromatic hydroxyl groups is 1. The number of aliphatic hydroxyl groups is 1. The zero-order chi connectivity index (χ0) is 31.0. The fourth-order valence-corrected chi connectivity index (χ4v) is 7.51. The number of piperidine rings is 1. The highest BCUT2D eigenvalue weighted by Crippen LogP contribution is 2.52. The summed E-state index contributed by atoms with van der Waals surface area (Å²) in [5, 5.41) is 23.1. The van der Waals surface area contributed by atoms with Crippen LogP contribution in [0.2, 0.25) is 0 Å². The van der Waals surface area contributed by atoms with E-state index >= 15 is 0 Å². The van der Waals surface area contributed by atoms with Gasteiger partial charge in [-0.2, -0.15) is 0 Å². The molecule has 2 saturated carbocycles. The van der Waals surface area contributed by atoms with Crippen LogP contribution in [0, 0.1) is 23.7 Å². The number of likely N-dealkylation sites (N-methyl/N-ethyl adjacent to an activating group) is 1. The number of primary amides is 1. The van der Waals surface area contributed by atoms with Gasteiger partial charge in [-0.05, 0) is 44.5 Å². The second kappa shape index (κ2) is 10.2. The predicted octanol–water partition coefficient (Wildman–Crippen LogP) is 0.164. The fraction of sp³-hybridized carbons (Fsp3) is 0.621. The second-order valence-corrected chi connectivity index (χ2v) is 12.6. The van der Waals surface area contributed by atoms with Crippen molar-refractivity contribution in [3.63, 3.8) is 0 Å². The van der Waals surface area contributed by atoms with Crippen molar-refractivity contribution >= 4 is 34.7 Å². The lowest BCUT2D eigenvalue weighted by Gasteiger charge is -2.52. The summed E-state index contributed by atoms with van der Waals surface area (Å²) in [5.74, 6) is -13.9. The Kier molecular flexibility index (Phi) is 7.30. The number of nitrogens with two attached hydrogens (primary N) is 1. The maximum atomic E-state index is 14.1. The third-order valence-corrected chi connectivity index (χ3v) is 9.58. The highest BCUT2D eigenvalue weighted by molar-refractivity contribution is 6.32. The Bertz CT molecular complexity index is 1390. The van der Waals surface area contributed by atoms with Gasteiger partial charge >= 0.3 is 0 Å². The highest BCUT2D eigenvalue weighted by atomic mass is 19.3. The van der Waals surface area contributed by atoms with Gasteiger partial charge in [-0.1, -0.05) is 0 Å². The van der Waals surface area contributed by atoms with E-state index in [2.05, 4.69) is 0 Å². The van der Waals surface area contributed by atoms with Crippen LogP contribution in [0.3, 0.4) is 0 Å². The third-order valence-electron chi connectivity index (χ3n) is 9.58. The van der Waals surface area contributed by atoms with E-state index in [0.29, 0.717) is 16.8 Å². The van der Waals surface area contributed by atoms with Gasteiger partial charge in [0.25, 0.3) is 5.92 Å². The van der Waals surface area contributed by atoms with Crippen molar-refractivity contribution in [1.82, 2.24) is 9.80 Å². The van der Waals surface area contributed by atoms with E-state index in [9.17, 15) is 43.0 Å². The Morgan fingerprint density at radius 2 is 1.71 bits per heavy atom. The summed E-state index contributed by atoms with van der Waals surface area (Å²) in [6.45, 7) is 0.297. The van der Waals surface area contributed by atoms with E-state index in [-0.39, 0.29) is 56.6 Å². The molecule has 5 rings (SSSR count). The number of anilines is 1. The number of Topliss-reactive ketones (excluding diaryl/α,β-unsaturated/α-hetero) is 4. The Hall–Kier alpha value is -3.29. The molecule has 6 atom stereocenters. The van der Waals surface area contributed by atoms with Crippen LogP contribution < -0.4 is 10.6 Å². The van der Waals surface area contributed by atoms with Crippen LogP contribution in [-0.2, 0) is 32.1 Å². The molecule has 1 aromatic rings. The summed E-state index contributed by atoms with van der Waals surface area (Å²) in [7, 11) is 6.57. The van der Waals surface area contributed by atoms with Crippen LogP contribution in [0.4, 0.5) is 14.5 Å². The van der Waals surface area contributed by atoms with Gasteiger partial charge in [0.1, 0.15) is 5.75 Å². The minimum absolute atomic E-state index is 0.0404. The maximum absolute atomic E-state index is 14.1. The number of benzene rings is 1. The number of ketones is 4. The van der Waals surface area contributed by atoms with Crippen molar-refractivity contribution < 1.29 is 43.0 Å². The lowest BCUT2D eigenvalue weighted by Crippen LogP contribution is -2.74. The van der Waals surface area contributed by atoms with E-state index in [1.54, 1.807) is 30.0 Å². The van der Waals surface area contributed by atoms with Gasteiger partial charge in [0.15, 0.2) is 34.7 Å². The molecule has 3 aliphatic carbocycles. The molecule has 228 valence electrons. The molecule has 1 aromatic carbocycles. The smallest absolute Gasteiger partial charge is 0.250 e. The Morgan fingerprint density at radius 3 is 2.26 bits per heavy atom. The Morgan fingerprint density at radius 1 is 1.10 bits per heavy atom. The number of fused-ring (bicyclic) bond motifs is 3. The molecule has 0 radical (unpaired) electrons. The lowest BCUT2D eigenvalue weighted by molar-refractivity contribution is -0.181. The molecule has 1 saturated heterocycles. The van der Waals surface area contributed by atoms with E-state index in [1.807, 2.05) is 0 Å². The molecule has 4 N–H and O–H groups in total. The van der Waals surface area contributed by atoms with Gasteiger partial charge in [-0.25, -0.2) is 8.78 Å². The molecule has 4 aliphatic rings. The number of halogens is 2. The predicted molar refractivity (Wildman–Crippen MR) is 145 cm³/mol. The second-order valence-electron chi connectivity index (χ2n) is 12.6. The first-order chi connectivity index (χ1) is 19.5. The first-order valence-electron chi connectivity index (χ1n) is 14.0. The van der Waals surface area contributed by atoms with Gasteiger partial charge < -0.3 is 20.8 Å². The average Bonchev–Trinajstić information content (AvgIpc) is 2.88. The Labute approximate surface area is 241 Å². The number of hydrogen-bond acceptors (Lipinski definition) is 10. The van der Waals surface area contributed by atoms with Crippen LogP contribution in [0.25, 0.3) is 0 Å². The zero-order valence-electron chi connectivity index (χ0n) is 24.0. The van der Waals surface area contributed by atoms with Crippen LogP contribution in [0.15, 0.2) is 6.07 Å². The average molecular weight is 591 g/mol. The van der Waals surface area contributed by atoms with Crippen molar-refractivity contribution in [3.8, 4) is 5.75 Å². The van der Waals surface area contributed by atoms with Crippen molar-refractivity contribution in [2.24, 2.45) is 29.4 Å². The van der Waals surface area contributed by atoms with Gasteiger partial charge in [0, 0.05) is 63.7 Å². The fourth-order valence-electron chi connectivity index (χ4n) is 7.51. The molecule has 3 fully saturated rings. The first-order valence-corrected chi connectivity index (χ1v) is 14.0. The molecule has 1 amide bonds. The van der Waals surface area contributed by atoms with E-state index in [0.717, 1.165) is 0 Å². The summed E-state index contributed by atoms with van der Waals surface area (Å²) in [6.07, 6.45) is -0.551. The number of carbonyl (C=O) groups excluding carboxylic acids is 5. The molecule has 0 spiro atoms. The quantitative estimate of drug-likeness (QED) is 0.403. The standard InChI is InChI=1S/C29H36F2N4O7/c1-33(2)17-11-14(12-35-7-5-28(30,31)6-8-35)22(36)19-15(17)9-13-10-16-21(34(3)4)24(38)20(27(32)41)26(40)29(16,42)25(39)18(13)23(19)37/h11,13,16,18,20-21,36,42H,5-10,12H2,1-4H3,(H2,32,41)/t13-,16-,18?,20?,21-,29-/m0/s1. The molecule has 0 bridgehead atoms. The van der Waals surface area contributed by atoms with Crippen molar-refractivity contribution in [3.05, 3.63) is 22.8 Å². The molecule has 42 heavy (non-hydrogen) atoms. The van der Waals surface area contributed by atoms with Crippen LogP contribution >= 0.6 is 0 Å². The number of likely N-dealkylation sites (tertiary alicyclic amines) is 1. The number of alkyl halides is 2. The largest absolute Gasteiger partial charge is 0.507 e. The van der Waals surface area contributed by atoms with Crippen molar-refractivity contribution in [1.29, 1.82) is 0 Å². The zero-order valence-corrected chi connectivity index (χ0v) is 24.0. The van der Waals surface area contributed by atoms with E-state index in [1.165, 1.54) is 19.0 Å². The molecular weight excluding hydrogens is 554 g/mol. The molecular formula is C29H36F2N4O7. The molecule has 1 heterocycles. The van der Waals surface area contributed by atoms with Gasteiger partial charge in [0.2, 0.25) is 5.91 Å². The molecule has 1 aliphatic heterocycles. The number of amides is 1. The van der Waals surface area contributed by atoms with Gasteiger partial charge in [-0.3, -0.25) is 33.8 Å². The minimum Gasteiger partial charge on any atom is -0.507 e. The number of carbonyl (C=O) groups is 5. The summed E-state index contributed by atoms with van der Waals surface area (Å²) in [5.41, 5.74) is 3.88. The summed E-state index contributed by atoms with van der Waals surface area (Å²) in [4.78, 5) is 71.9. The SMILES string of the molecule is CN(C)c1cc(CN2CCC(F)(F)CC2)c(O)c2c1C[C@H]1C[C@H]3[C@H](N(C)C)C(=O)C(C(N)=O)C(=O)[C@@]3(O)C(=O)C1C2=O. The molecule has 11 nitrogen and oxygen atoms in total. The maximum Gasteiger partial charge on any atom is 0.250 e. The number of nitrogens with zero attached hydrogens (tertiary/aromatic N) is 3. The number of phenols is 1.